The Morgan fingerprint density at radius 3 is 0.654 bits per heavy atom. The normalized spacial score (nSPS) is 17.5. The van der Waals surface area contributed by atoms with Gasteiger partial charge in [0.2, 0.25) is 0 Å². The third-order valence-corrected chi connectivity index (χ3v) is 6.04. The first-order valence-corrected chi connectivity index (χ1v) is 11.1. The third-order valence-electron chi connectivity index (χ3n) is 6.04. The van der Waals surface area contributed by atoms with Gasteiger partial charge in [-0.2, -0.15) is 136 Å². The van der Waals surface area contributed by atoms with Crippen molar-refractivity contribution in [2.24, 2.45) is 0 Å². The van der Waals surface area contributed by atoms with Gasteiger partial charge in [-0.05, 0) is 6.92 Å². The van der Waals surface area contributed by atoms with Crippen LogP contribution in [0.25, 0.3) is 0 Å². The lowest BCUT2D eigenvalue weighted by Crippen LogP contribution is -2.80. The monoisotopic (exact) mass is 854 g/mol. The van der Waals surface area contributed by atoms with Crippen LogP contribution in [0.2, 0.25) is 0 Å². The molecule has 0 rings (SSSR count). The standard InChI is InChI=1S/C19H5F31O2/c1-3(2)4(51)52-17(44,14(38,39)12(34,35)16(42,43)19(48,49)50)13(36,37)10(30,31)8(26,27)6(22,23)5(20,21)7(24,25)9(28,29)11(32,33)15(40,41)18(45,46)47/h1H2,2H3. The van der Waals surface area contributed by atoms with Crippen LogP contribution in [0.15, 0.2) is 12.2 Å². The molecule has 52 heavy (non-hydrogen) atoms. The SMILES string of the molecule is C=C(C)C(=O)OC(F)(C(F)(F)C(F)(F)C(F)(F)C(F)(F)F)C(F)(F)C(F)(F)C(F)(F)C(F)(F)C(F)(F)C(F)(F)C(F)(F)C(F)(F)C(F)(F)C(F)(F)F. The second kappa shape index (κ2) is 12.0. The van der Waals surface area contributed by atoms with Crippen molar-refractivity contribution in [3.05, 3.63) is 12.2 Å². The summed E-state index contributed by atoms with van der Waals surface area (Å²) in [6.07, 6.45) is -16.7. The van der Waals surface area contributed by atoms with Crippen LogP contribution < -0.4 is 0 Å². The highest BCUT2D eigenvalue weighted by Crippen LogP contribution is 2.69. The molecule has 0 aliphatic heterocycles. The number of esters is 1. The van der Waals surface area contributed by atoms with E-state index in [2.05, 4.69) is 0 Å². The van der Waals surface area contributed by atoms with E-state index < -0.39 is 101 Å². The molecule has 0 aliphatic rings. The molecule has 0 saturated carbocycles. The van der Waals surface area contributed by atoms with Gasteiger partial charge in [0.25, 0.3) is 0 Å². The van der Waals surface area contributed by atoms with Crippen molar-refractivity contribution >= 4 is 5.97 Å². The average Bonchev–Trinajstić information content (AvgIpc) is 2.90. The molecule has 0 aromatic carbocycles. The minimum Gasteiger partial charge on any atom is -0.413 e. The summed E-state index contributed by atoms with van der Waals surface area (Å²) < 4.78 is 420. The van der Waals surface area contributed by atoms with Gasteiger partial charge in [0.15, 0.2) is 0 Å². The Kier molecular flexibility index (Phi) is 11.3. The fraction of sp³-hybridized carbons (Fsp3) is 0.842. The van der Waals surface area contributed by atoms with E-state index in [4.69, 9.17) is 0 Å². The zero-order valence-corrected chi connectivity index (χ0v) is 22.7. The van der Waals surface area contributed by atoms with Crippen LogP contribution in [0, 0.1) is 0 Å². The lowest BCUT2D eigenvalue weighted by molar-refractivity contribution is -0.497. The maximum atomic E-state index is 14.9. The minimum absolute atomic E-state index is 0.288. The van der Waals surface area contributed by atoms with E-state index in [1.54, 1.807) is 0 Å². The quantitative estimate of drug-likeness (QED) is 0.0989. The average molecular weight is 854 g/mol. The molecule has 0 N–H and O–H groups in total. The van der Waals surface area contributed by atoms with Crippen molar-refractivity contribution in [2.45, 2.75) is 96.2 Å². The van der Waals surface area contributed by atoms with Crippen LogP contribution in [0.4, 0.5) is 136 Å². The molecular formula is C19H5F31O2. The molecule has 1 atom stereocenters. The van der Waals surface area contributed by atoms with Gasteiger partial charge in [-0.25, -0.2) is 4.79 Å². The molecule has 0 amide bonds. The summed E-state index contributed by atoms with van der Waals surface area (Å²) >= 11 is 0. The van der Waals surface area contributed by atoms with Crippen molar-refractivity contribution in [1.29, 1.82) is 0 Å². The first-order valence-electron chi connectivity index (χ1n) is 11.1. The molecular weight excluding hydrogens is 849 g/mol. The molecule has 2 nitrogen and oxygen atoms in total. The highest BCUT2D eigenvalue weighted by molar-refractivity contribution is 5.87. The van der Waals surface area contributed by atoms with Gasteiger partial charge in [0.05, 0.1) is 0 Å². The van der Waals surface area contributed by atoms with Crippen LogP contribution in [-0.2, 0) is 9.53 Å². The smallest absolute Gasteiger partial charge is 0.413 e. The fourth-order valence-electron chi connectivity index (χ4n) is 2.88. The topological polar surface area (TPSA) is 26.3 Å². The molecule has 0 radical (unpaired) electrons. The highest BCUT2D eigenvalue weighted by atomic mass is 19.4. The molecule has 0 heterocycles. The van der Waals surface area contributed by atoms with Gasteiger partial charge in [0, 0.05) is 5.57 Å². The zero-order chi connectivity index (χ0) is 43.4. The van der Waals surface area contributed by atoms with E-state index in [1.165, 1.54) is 0 Å². The van der Waals surface area contributed by atoms with Crippen LogP contribution >= 0.6 is 0 Å². The molecule has 0 aromatic rings. The Morgan fingerprint density at radius 2 is 0.481 bits per heavy atom. The first kappa shape index (κ1) is 49.0. The van der Waals surface area contributed by atoms with E-state index in [9.17, 15) is 141 Å². The van der Waals surface area contributed by atoms with Gasteiger partial charge in [-0.3, -0.25) is 0 Å². The maximum Gasteiger partial charge on any atom is 0.460 e. The van der Waals surface area contributed by atoms with Crippen molar-refractivity contribution in [1.82, 2.24) is 0 Å². The van der Waals surface area contributed by atoms with E-state index in [0.29, 0.717) is 0 Å². The number of hydrogen-bond acceptors (Lipinski definition) is 2. The summed E-state index contributed by atoms with van der Waals surface area (Å²) in [5.74, 6) is -129. The number of carbonyl (C=O) groups excluding carboxylic acids is 1. The van der Waals surface area contributed by atoms with Crippen LogP contribution in [0.1, 0.15) is 6.92 Å². The molecule has 0 saturated heterocycles. The fourth-order valence-corrected chi connectivity index (χ4v) is 2.88. The van der Waals surface area contributed by atoms with Gasteiger partial charge in [-0.1, -0.05) is 6.58 Å². The Morgan fingerprint density at radius 1 is 0.327 bits per heavy atom. The van der Waals surface area contributed by atoms with Gasteiger partial charge < -0.3 is 4.74 Å². The van der Waals surface area contributed by atoms with E-state index in [-0.39, 0.29) is 6.92 Å². The Bertz CT molecular complexity index is 1360. The number of rotatable bonds is 14. The predicted molar refractivity (Wildman–Crippen MR) is 96.2 cm³/mol. The third kappa shape index (κ3) is 5.72. The first-order chi connectivity index (χ1) is 21.8. The van der Waals surface area contributed by atoms with Crippen molar-refractivity contribution < 1.29 is 146 Å². The lowest BCUT2D eigenvalue weighted by Gasteiger charge is -2.47. The molecule has 0 aromatic heterocycles. The van der Waals surface area contributed by atoms with E-state index >= 15 is 0 Å². The van der Waals surface area contributed by atoms with Crippen LogP contribution in [0.5, 0.6) is 0 Å². The summed E-state index contributed by atoms with van der Waals surface area (Å²) in [4.78, 5) is 11.3. The molecule has 33 heteroatoms. The molecule has 0 aliphatic carbocycles. The van der Waals surface area contributed by atoms with E-state index in [1.807, 2.05) is 11.3 Å². The summed E-state index contributed by atoms with van der Waals surface area (Å²) in [6.45, 7) is 1.71. The maximum absolute atomic E-state index is 14.9. The van der Waals surface area contributed by atoms with Crippen molar-refractivity contribution in [3.8, 4) is 0 Å². The molecule has 1 unspecified atom stereocenters. The van der Waals surface area contributed by atoms with Gasteiger partial charge in [-0.15, -0.1) is 0 Å². The lowest BCUT2D eigenvalue weighted by atomic mass is 9.82. The zero-order valence-electron chi connectivity index (χ0n) is 22.7. The highest BCUT2D eigenvalue weighted by Gasteiger charge is 3.02. The summed E-state index contributed by atoms with van der Waals surface area (Å²) in [7, 11) is 0. The number of alkyl halides is 31. The van der Waals surface area contributed by atoms with Crippen LogP contribution in [-0.4, -0.2) is 95.2 Å². The van der Waals surface area contributed by atoms with Crippen molar-refractivity contribution in [2.75, 3.05) is 0 Å². The number of carbonyl (C=O) groups is 1. The second-order valence-electron chi connectivity index (χ2n) is 9.65. The molecule has 0 bridgehead atoms. The van der Waals surface area contributed by atoms with Gasteiger partial charge in [0.1, 0.15) is 0 Å². The second-order valence-corrected chi connectivity index (χ2v) is 9.65. The van der Waals surface area contributed by atoms with Crippen LogP contribution in [0.3, 0.4) is 0 Å². The number of halogens is 31. The summed E-state index contributed by atoms with van der Waals surface area (Å²) in [5.41, 5.74) is -2.22. The van der Waals surface area contributed by atoms with Crippen molar-refractivity contribution in [3.63, 3.8) is 0 Å². The minimum atomic E-state index is -10.1. The number of hydrogen-bond donors (Lipinski definition) is 0. The van der Waals surface area contributed by atoms with E-state index in [0.717, 1.165) is 0 Å². The summed E-state index contributed by atoms with van der Waals surface area (Å²) in [6, 6.07) is 0. The molecule has 0 fully saturated rings. The number of ether oxygens (including phenoxy) is 1. The Hall–Kier alpha value is -2.96. The molecule has 0 spiro atoms. The Labute approximate surface area is 261 Å². The predicted octanol–water partition coefficient (Wildman–Crippen LogP) is 10.5. The molecule has 310 valence electrons. The summed E-state index contributed by atoms with van der Waals surface area (Å²) in [5, 5.41) is 0. The largest absolute Gasteiger partial charge is 0.460 e. The Balaban J connectivity index is 8.16. The van der Waals surface area contributed by atoms with Gasteiger partial charge >= 0.3 is 95.2 Å².